The number of nitrogens with one attached hydrogen (secondary N) is 1. The average Bonchev–Trinajstić information content (AvgIpc) is 3.10. The molecule has 32 heavy (non-hydrogen) atoms. The molecule has 1 aliphatic carbocycles. The zero-order chi connectivity index (χ0) is 23.3. The Labute approximate surface area is 197 Å². The molecule has 0 aliphatic heterocycles. The third kappa shape index (κ3) is 6.00. The van der Waals surface area contributed by atoms with E-state index in [1.54, 1.807) is 11.3 Å². The maximum Gasteiger partial charge on any atom is 0.173 e. The fourth-order valence-corrected chi connectivity index (χ4v) is 6.05. The number of Topliss-reactive ketones (excluding diaryl/α,β-unsaturated/α-hetero) is 1. The smallest absolute Gasteiger partial charge is 0.173 e. The maximum atomic E-state index is 13.2. The second-order valence-electron chi connectivity index (χ2n) is 9.81. The Bertz CT molecular complexity index is 922. The first-order valence-electron chi connectivity index (χ1n) is 12.0. The van der Waals surface area contributed by atoms with Gasteiger partial charge in [-0.05, 0) is 79.2 Å². The van der Waals surface area contributed by atoms with Gasteiger partial charge in [-0.3, -0.25) is 4.79 Å². The van der Waals surface area contributed by atoms with Crippen LogP contribution >= 0.6 is 11.3 Å². The van der Waals surface area contributed by atoms with E-state index >= 15 is 0 Å². The minimum atomic E-state index is 0.136. The van der Waals surface area contributed by atoms with Crippen LogP contribution in [0.15, 0.2) is 12.1 Å². The lowest BCUT2D eigenvalue weighted by Gasteiger charge is -2.30. The number of carbonyl (C=O) groups is 1. The quantitative estimate of drug-likeness (QED) is 0.359. The first kappa shape index (κ1) is 24.9. The Morgan fingerprint density at radius 1 is 1.19 bits per heavy atom. The van der Waals surface area contributed by atoms with Crippen molar-refractivity contribution in [2.24, 2.45) is 5.41 Å². The fraction of sp³-hybridized carbons (Fsp3) is 0.593. The van der Waals surface area contributed by atoms with Crippen molar-refractivity contribution < 1.29 is 14.6 Å². The van der Waals surface area contributed by atoms with Crippen molar-refractivity contribution >= 4 is 17.1 Å². The van der Waals surface area contributed by atoms with Crippen LogP contribution in [0.4, 0.5) is 0 Å². The normalized spacial score (nSPS) is 14.9. The molecule has 0 amide bonds. The van der Waals surface area contributed by atoms with Gasteiger partial charge in [0, 0.05) is 24.4 Å². The molecular formula is C27H39NO3S. The molecule has 0 bridgehead atoms. The number of aliphatic hydroxyl groups excluding tert-OH is 1. The number of aryl methyl sites for hydroxylation is 4. The third-order valence-corrected chi connectivity index (χ3v) is 7.92. The standard InChI is InChI=1S/C27H39NO3S/c1-6-24-22-17-27(4,5)10-9-21(22)26(32-24)23(30)8-7-20-15-18(2)25(19(3)16-20)31-14-12-28-11-13-29/h15-16,28-29H,6-14,17H2,1-5H3. The molecule has 0 fully saturated rings. The number of ketones is 1. The van der Waals surface area contributed by atoms with Gasteiger partial charge in [0.1, 0.15) is 12.4 Å². The highest BCUT2D eigenvalue weighted by Crippen LogP contribution is 2.42. The molecular weight excluding hydrogens is 418 g/mol. The van der Waals surface area contributed by atoms with Crippen LogP contribution in [-0.2, 0) is 25.7 Å². The number of ether oxygens (including phenoxy) is 1. The highest BCUT2D eigenvalue weighted by atomic mass is 32.1. The van der Waals surface area contributed by atoms with Crippen molar-refractivity contribution in [3.63, 3.8) is 0 Å². The number of carbonyl (C=O) groups excluding carboxylic acids is 1. The lowest BCUT2D eigenvalue weighted by Crippen LogP contribution is -2.24. The van der Waals surface area contributed by atoms with Gasteiger partial charge in [0.2, 0.25) is 0 Å². The van der Waals surface area contributed by atoms with Crippen LogP contribution in [0, 0.1) is 19.3 Å². The molecule has 2 aromatic rings. The van der Waals surface area contributed by atoms with Crippen LogP contribution in [0.3, 0.4) is 0 Å². The highest BCUT2D eigenvalue weighted by molar-refractivity contribution is 7.14. The zero-order valence-corrected chi connectivity index (χ0v) is 21.2. The summed E-state index contributed by atoms with van der Waals surface area (Å²) in [6, 6.07) is 4.31. The summed E-state index contributed by atoms with van der Waals surface area (Å²) < 4.78 is 5.95. The van der Waals surface area contributed by atoms with Crippen molar-refractivity contribution in [1.29, 1.82) is 0 Å². The topological polar surface area (TPSA) is 58.6 Å². The lowest BCUT2D eigenvalue weighted by atomic mass is 9.74. The van der Waals surface area contributed by atoms with Crippen LogP contribution in [0.2, 0.25) is 0 Å². The second kappa shape index (κ2) is 11.0. The molecule has 1 aromatic heterocycles. The minimum absolute atomic E-state index is 0.136. The SMILES string of the molecule is CCc1sc(C(=O)CCc2cc(C)c(OCCNCCO)c(C)c2)c2c1CC(C)(C)CC2. The van der Waals surface area contributed by atoms with Gasteiger partial charge in [-0.25, -0.2) is 0 Å². The van der Waals surface area contributed by atoms with Crippen molar-refractivity contribution in [2.45, 2.75) is 73.1 Å². The summed E-state index contributed by atoms with van der Waals surface area (Å²) in [6.45, 7) is 13.0. The van der Waals surface area contributed by atoms with E-state index in [1.165, 1.54) is 21.6 Å². The molecule has 2 N–H and O–H groups in total. The third-order valence-electron chi connectivity index (χ3n) is 6.46. The zero-order valence-electron chi connectivity index (χ0n) is 20.4. The van der Waals surface area contributed by atoms with Gasteiger partial charge >= 0.3 is 0 Å². The molecule has 4 nitrogen and oxygen atoms in total. The van der Waals surface area contributed by atoms with Crippen LogP contribution in [0.25, 0.3) is 0 Å². The first-order chi connectivity index (χ1) is 15.3. The summed E-state index contributed by atoms with van der Waals surface area (Å²) in [7, 11) is 0. The van der Waals surface area contributed by atoms with E-state index in [4.69, 9.17) is 9.84 Å². The van der Waals surface area contributed by atoms with Gasteiger partial charge in [-0.2, -0.15) is 0 Å². The number of hydrogen-bond acceptors (Lipinski definition) is 5. The summed E-state index contributed by atoms with van der Waals surface area (Å²) in [5.74, 6) is 1.23. The van der Waals surface area contributed by atoms with Gasteiger partial charge in [0.15, 0.2) is 5.78 Å². The number of rotatable bonds is 11. The highest BCUT2D eigenvalue weighted by Gasteiger charge is 2.31. The Hall–Kier alpha value is -1.69. The van der Waals surface area contributed by atoms with E-state index in [0.717, 1.165) is 53.9 Å². The van der Waals surface area contributed by atoms with E-state index in [1.807, 2.05) is 0 Å². The van der Waals surface area contributed by atoms with Crippen LogP contribution in [0.1, 0.15) is 76.0 Å². The lowest BCUT2D eigenvalue weighted by molar-refractivity contribution is 0.0985. The second-order valence-corrected chi connectivity index (χ2v) is 10.9. The summed E-state index contributed by atoms with van der Waals surface area (Å²) in [4.78, 5) is 15.6. The Morgan fingerprint density at radius 2 is 1.91 bits per heavy atom. The maximum absolute atomic E-state index is 13.2. The molecule has 0 spiro atoms. The number of aliphatic hydroxyl groups is 1. The molecule has 1 aliphatic rings. The van der Waals surface area contributed by atoms with Crippen LogP contribution < -0.4 is 10.1 Å². The molecule has 0 unspecified atom stereocenters. The van der Waals surface area contributed by atoms with E-state index in [-0.39, 0.29) is 6.61 Å². The van der Waals surface area contributed by atoms with Crippen molar-refractivity contribution in [3.8, 4) is 5.75 Å². The van der Waals surface area contributed by atoms with E-state index in [9.17, 15) is 4.79 Å². The molecule has 0 atom stereocenters. The summed E-state index contributed by atoms with van der Waals surface area (Å²) >= 11 is 1.75. The van der Waals surface area contributed by atoms with Gasteiger partial charge in [0.05, 0.1) is 11.5 Å². The van der Waals surface area contributed by atoms with E-state index < -0.39 is 0 Å². The molecule has 1 aromatic carbocycles. The number of hydrogen-bond donors (Lipinski definition) is 2. The molecule has 5 heteroatoms. The minimum Gasteiger partial charge on any atom is -0.492 e. The summed E-state index contributed by atoms with van der Waals surface area (Å²) in [5, 5.41) is 12.0. The molecule has 1 heterocycles. The monoisotopic (exact) mass is 457 g/mol. The summed E-state index contributed by atoms with van der Waals surface area (Å²) in [5.41, 5.74) is 6.57. The van der Waals surface area contributed by atoms with E-state index in [0.29, 0.717) is 37.3 Å². The van der Waals surface area contributed by atoms with Gasteiger partial charge in [-0.1, -0.05) is 32.9 Å². The first-order valence-corrected chi connectivity index (χ1v) is 12.8. The van der Waals surface area contributed by atoms with Crippen molar-refractivity contribution in [1.82, 2.24) is 5.32 Å². The van der Waals surface area contributed by atoms with E-state index in [2.05, 4.69) is 52.1 Å². The van der Waals surface area contributed by atoms with Gasteiger partial charge < -0.3 is 15.2 Å². The predicted octanol–water partition coefficient (Wildman–Crippen LogP) is 5.22. The average molecular weight is 458 g/mol. The molecule has 3 rings (SSSR count). The molecule has 0 radical (unpaired) electrons. The Balaban J connectivity index is 1.65. The molecule has 0 saturated carbocycles. The van der Waals surface area contributed by atoms with Crippen molar-refractivity contribution in [3.05, 3.63) is 49.7 Å². The predicted molar refractivity (Wildman–Crippen MR) is 134 cm³/mol. The van der Waals surface area contributed by atoms with Crippen molar-refractivity contribution in [2.75, 3.05) is 26.3 Å². The van der Waals surface area contributed by atoms with Crippen LogP contribution in [0.5, 0.6) is 5.75 Å². The van der Waals surface area contributed by atoms with Crippen LogP contribution in [-0.4, -0.2) is 37.2 Å². The number of benzene rings is 1. The number of fused-ring (bicyclic) bond motifs is 1. The summed E-state index contributed by atoms with van der Waals surface area (Å²) in [6.07, 6.45) is 5.64. The fourth-order valence-electron chi connectivity index (χ4n) is 4.78. The Morgan fingerprint density at radius 3 is 2.56 bits per heavy atom. The van der Waals surface area contributed by atoms with Gasteiger partial charge in [0.25, 0.3) is 0 Å². The largest absolute Gasteiger partial charge is 0.492 e. The van der Waals surface area contributed by atoms with Gasteiger partial charge in [-0.15, -0.1) is 11.3 Å². The molecule has 0 saturated heterocycles. The Kier molecular flexibility index (Phi) is 8.54. The number of thiophene rings is 1. The molecule has 176 valence electrons.